The maximum Gasteiger partial charge on any atom is 0.224 e. The molecule has 0 bridgehead atoms. The summed E-state index contributed by atoms with van der Waals surface area (Å²) in [5.74, 6) is 1.98. The van der Waals surface area contributed by atoms with Crippen molar-refractivity contribution < 1.29 is 9.53 Å². The van der Waals surface area contributed by atoms with E-state index in [0.29, 0.717) is 35.5 Å². The monoisotopic (exact) mass is 452 g/mol. The molecule has 32 heavy (non-hydrogen) atoms. The molecule has 2 aromatic carbocycles. The van der Waals surface area contributed by atoms with Crippen molar-refractivity contribution in [2.45, 2.75) is 19.4 Å². The molecule has 1 aliphatic rings. The summed E-state index contributed by atoms with van der Waals surface area (Å²) >= 11 is 6.13. The molecule has 1 amide bonds. The van der Waals surface area contributed by atoms with E-state index in [1.807, 2.05) is 54.0 Å². The van der Waals surface area contributed by atoms with E-state index in [9.17, 15) is 4.79 Å². The minimum Gasteiger partial charge on any atom is -0.497 e. The second kappa shape index (κ2) is 9.10. The van der Waals surface area contributed by atoms with Crippen LogP contribution in [-0.4, -0.2) is 58.5 Å². The summed E-state index contributed by atoms with van der Waals surface area (Å²) in [7, 11) is 3.37. The Morgan fingerprint density at radius 1 is 1.22 bits per heavy atom. The summed E-state index contributed by atoms with van der Waals surface area (Å²) < 4.78 is 7.45. The fourth-order valence-electron chi connectivity index (χ4n) is 3.82. The van der Waals surface area contributed by atoms with E-state index in [1.165, 1.54) is 0 Å². The van der Waals surface area contributed by atoms with E-state index < -0.39 is 6.04 Å². The summed E-state index contributed by atoms with van der Waals surface area (Å²) in [4.78, 5) is 19.6. The van der Waals surface area contributed by atoms with Gasteiger partial charge < -0.3 is 15.4 Å². The smallest absolute Gasteiger partial charge is 0.224 e. The van der Waals surface area contributed by atoms with E-state index in [1.54, 1.807) is 19.1 Å². The third-order valence-electron chi connectivity index (χ3n) is 5.51. The molecule has 0 radical (unpaired) electrons. The molecule has 3 aromatic rings. The van der Waals surface area contributed by atoms with Crippen LogP contribution in [0, 0.1) is 6.92 Å². The third-order valence-corrected chi connectivity index (χ3v) is 5.76. The number of carbonyl (C=O) groups excluding carboxylic acids is 1. The Kier molecular flexibility index (Phi) is 6.25. The van der Waals surface area contributed by atoms with E-state index in [2.05, 4.69) is 10.2 Å². The number of aliphatic imine (C=N–C) groups is 1. The van der Waals surface area contributed by atoms with Crippen LogP contribution in [0.15, 0.2) is 47.5 Å². The normalized spacial score (nSPS) is 14.8. The maximum absolute atomic E-state index is 12.9. The number of carbonyl (C=O) groups is 1. The van der Waals surface area contributed by atoms with Gasteiger partial charge in [-0.2, -0.15) is 0 Å². The number of rotatable bonds is 6. The first kappa shape index (κ1) is 22.0. The van der Waals surface area contributed by atoms with Crippen LogP contribution in [0.2, 0.25) is 5.02 Å². The predicted molar refractivity (Wildman–Crippen MR) is 124 cm³/mol. The van der Waals surface area contributed by atoms with Gasteiger partial charge in [-0.3, -0.25) is 14.4 Å². The van der Waals surface area contributed by atoms with Gasteiger partial charge in [-0.25, -0.2) is 0 Å². The Hall–Kier alpha value is -3.23. The molecule has 0 saturated heterocycles. The molecule has 2 N–H and O–H groups in total. The molecule has 1 aromatic heterocycles. The molecule has 0 spiro atoms. The highest BCUT2D eigenvalue weighted by molar-refractivity contribution is 6.30. The number of aromatic nitrogens is 3. The highest BCUT2D eigenvalue weighted by Crippen LogP contribution is 2.34. The Labute approximate surface area is 191 Å². The second-order valence-electron chi connectivity index (χ2n) is 7.63. The molecule has 4 rings (SSSR count). The molecular weight excluding hydrogens is 428 g/mol. The number of aryl methyl sites for hydroxylation is 1. The van der Waals surface area contributed by atoms with Crippen molar-refractivity contribution >= 4 is 23.2 Å². The Balaban J connectivity index is 1.91. The summed E-state index contributed by atoms with van der Waals surface area (Å²) in [6.45, 7) is 2.76. The number of likely N-dealkylation sites (N-methyl/N-ethyl adjacent to an activating group) is 1. The first-order chi connectivity index (χ1) is 15.4. The first-order valence-electron chi connectivity index (χ1n) is 10.3. The van der Waals surface area contributed by atoms with E-state index in [0.717, 1.165) is 22.5 Å². The molecule has 0 unspecified atom stereocenters. The lowest BCUT2D eigenvalue weighted by Gasteiger charge is -2.19. The molecule has 1 aliphatic heterocycles. The Morgan fingerprint density at radius 2 is 1.97 bits per heavy atom. The maximum atomic E-state index is 12.9. The molecule has 9 heteroatoms. The summed E-state index contributed by atoms with van der Waals surface area (Å²) in [6, 6.07) is 12.8. The van der Waals surface area contributed by atoms with Crippen LogP contribution >= 0.6 is 11.6 Å². The van der Waals surface area contributed by atoms with Crippen molar-refractivity contribution in [3.63, 3.8) is 0 Å². The minimum atomic E-state index is -0.520. The van der Waals surface area contributed by atoms with Gasteiger partial charge in [-0.15, -0.1) is 10.2 Å². The average Bonchev–Trinajstić information content (AvgIpc) is 3.11. The van der Waals surface area contributed by atoms with Crippen LogP contribution in [0.5, 0.6) is 5.75 Å². The van der Waals surface area contributed by atoms with E-state index >= 15 is 0 Å². The number of hydrogen-bond acceptors (Lipinski definition) is 6. The van der Waals surface area contributed by atoms with Gasteiger partial charge in [0.15, 0.2) is 5.82 Å². The zero-order valence-corrected chi connectivity index (χ0v) is 19.0. The molecule has 8 nitrogen and oxygen atoms in total. The fraction of sp³-hybridized carbons (Fsp3) is 0.304. The van der Waals surface area contributed by atoms with E-state index in [4.69, 9.17) is 27.1 Å². The molecule has 2 heterocycles. The standard InChI is InChI=1S/C23H25ClN6O2/c1-14-27-28-23-19(13-21(31)29(2)11-10-25)26-22(15-4-6-16(24)7-5-15)18-12-17(32-3)8-9-20(18)30(14)23/h4-9,12,19H,10-11,13,25H2,1-3H3/t19-/m0/s1. The first-order valence-corrected chi connectivity index (χ1v) is 10.7. The highest BCUT2D eigenvalue weighted by atomic mass is 35.5. The summed E-state index contributed by atoms with van der Waals surface area (Å²) in [5, 5.41) is 9.31. The SMILES string of the molecule is COc1ccc2c(c1)C(c1ccc(Cl)cc1)=N[C@@H](CC(=O)N(C)CCN)c1nnc(C)n1-2. The second-order valence-corrected chi connectivity index (χ2v) is 8.07. The largest absolute Gasteiger partial charge is 0.497 e. The van der Waals surface area contributed by atoms with E-state index in [-0.39, 0.29) is 12.3 Å². The topological polar surface area (TPSA) is 98.6 Å². The van der Waals surface area contributed by atoms with Crippen LogP contribution in [-0.2, 0) is 4.79 Å². The number of benzene rings is 2. The molecule has 1 atom stereocenters. The lowest BCUT2D eigenvalue weighted by atomic mass is 10.00. The van der Waals surface area contributed by atoms with Crippen molar-refractivity contribution in [1.82, 2.24) is 19.7 Å². The molecule has 166 valence electrons. The van der Waals surface area contributed by atoms with Crippen LogP contribution in [0.3, 0.4) is 0 Å². The highest BCUT2D eigenvalue weighted by Gasteiger charge is 2.30. The number of amides is 1. The van der Waals surface area contributed by atoms with Gasteiger partial charge in [0, 0.05) is 36.3 Å². The lowest BCUT2D eigenvalue weighted by Crippen LogP contribution is -2.32. The zero-order chi connectivity index (χ0) is 22.8. The van der Waals surface area contributed by atoms with Crippen LogP contribution < -0.4 is 10.5 Å². The summed E-state index contributed by atoms with van der Waals surface area (Å²) in [6.07, 6.45) is 0.150. The third kappa shape index (κ3) is 4.11. The van der Waals surface area contributed by atoms with Gasteiger partial charge in [0.25, 0.3) is 0 Å². The van der Waals surface area contributed by atoms with Crippen LogP contribution in [0.1, 0.15) is 35.2 Å². The van der Waals surface area contributed by atoms with Crippen molar-refractivity contribution in [2.75, 3.05) is 27.2 Å². The lowest BCUT2D eigenvalue weighted by molar-refractivity contribution is -0.130. The fourth-order valence-corrected chi connectivity index (χ4v) is 3.94. The molecular formula is C23H25ClN6O2. The van der Waals surface area contributed by atoms with Gasteiger partial charge in [0.1, 0.15) is 17.6 Å². The van der Waals surface area contributed by atoms with Gasteiger partial charge in [0.2, 0.25) is 5.91 Å². The average molecular weight is 453 g/mol. The number of halogens is 1. The van der Waals surface area contributed by atoms with Crippen molar-refractivity contribution in [2.24, 2.45) is 10.7 Å². The quantitative estimate of drug-likeness (QED) is 0.620. The van der Waals surface area contributed by atoms with Gasteiger partial charge in [0.05, 0.1) is 24.9 Å². The van der Waals surface area contributed by atoms with Gasteiger partial charge in [-0.1, -0.05) is 23.7 Å². The molecule has 0 saturated carbocycles. The number of hydrogen-bond donors (Lipinski definition) is 1. The van der Waals surface area contributed by atoms with Gasteiger partial charge >= 0.3 is 0 Å². The minimum absolute atomic E-state index is 0.0598. The number of nitrogens with zero attached hydrogens (tertiary/aromatic N) is 5. The van der Waals surface area contributed by atoms with Crippen molar-refractivity contribution in [1.29, 1.82) is 0 Å². The molecule has 0 aliphatic carbocycles. The van der Waals surface area contributed by atoms with Crippen LogP contribution in [0.25, 0.3) is 5.69 Å². The predicted octanol–water partition coefficient (Wildman–Crippen LogP) is 2.94. The Morgan fingerprint density at radius 3 is 2.66 bits per heavy atom. The number of ether oxygens (including phenoxy) is 1. The number of fused-ring (bicyclic) bond motifs is 3. The molecule has 0 fully saturated rings. The number of nitrogens with two attached hydrogens (primary N) is 1. The van der Waals surface area contributed by atoms with Gasteiger partial charge in [-0.05, 0) is 37.3 Å². The number of methoxy groups -OCH3 is 1. The van der Waals surface area contributed by atoms with Crippen molar-refractivity contribution in [3.8, 4) is 11.4 Å². The van der Waals surface area contributed by atoms with Crippen molar-refractivity contribution in [3.05, 3.63) is 70.3 Å². The Bertz CT molecular complexity index is 1170. The van der Waals surface area contributed by atoms with Crippen LogP contribution in [0.4, 0.5) is 0 Å². The summed E-state index contributed by atoms with van der Waals surface area (Å²) in [5.41, 5.74) is 8.99. The zero-order valence-electron chi connectivity index (χ0n) is 18.2.